The van der Waals surface area contributed by atoms with E-state index in [0.717, 1.165) is 6.42 Å². The van der Waals surface area contributed by atoms with E-state index in [2.05, 4.69) is 30.0 Å². The molecular weight excluding hydrogens is 396 g/mol. The molecule has 0 N–H and O–H groups in total. The molecular formula is C24H30N2O5. The van der Waals surface area contributed by atoms with E-state index in [1.165, 1.54) is 11.3 Å². The topological polar surface area (TPSA) is 72.2 Å². The molecule has 2 atom stereocenters. The van der Waals surface area contributed by atoms with Crippen LogP contribution in [-0.2, 0) is 27.2 Å². The molecule has 2 aliphatic rings. The van der Waals surface area contributed by atoms with E-state index in [1.54, 1.807) is 17.2 Å². The highest BCUT2D eigenvalue weighted by atomic mass is 16.6. The van der Waals surface area contributed by atoms with E-state index >= 15 is 0 Å². The predicted molar refractivity (Wildman–Crippen MR) is 116 cm³/mol. The molecule has 1 amide bonds. The van der Waals surface area contributed by atoms with Crippen LogP contribution in [0.15, 0.2) is 41.0 Å². The molecule has 0 bridgehead atoms. The van der Waals surface area contributed by atoms with Crippen LogP contribution >= 0.6 is 0 Å². The van der Waals surface area contributed by atoms with Crippen molar-refractivity contribution in [3.05, 3.63) is 53.5 Å². The van der Waals surface area contributed by atoms with Crippen molar-refractivity contribution in [2.45, 2.75) is 58.4 Å². The van der Waals surface area contributed by atoms with Crippen LogP contribution in [0.2, 0.25) is 0 Å². The van der Waals surface area contributed by atoms with Gasteiger partial charge in [0.25, 0.3) is 5.91 Å². The van der Waals surface area contributed by atoms with Crippen molar-refractivity contribution < 1.29 is 23.5 Å². The number of para-hydroxylation sites is 1. The summed E-state index contributed by atoms with van der Waals surface area (Å²) in [5.41, 5.74) is 2.41. The van der Waals surface area contributed by atoms with Crippen LogP contribution in [0.1, 0.15) is 49.4 Å². The molecule has 7 nitrogen and oxygen atoms in total. The summed E-state index contributed by atoms with van der Waals surface area (Å²) in [4.78, 5) is 29.6. The Labute approximate surface area is 182 Å². The number of carbonyl (C=O) groups excluding carboxylic acids is 2. The Morgan fingerprint density at radius 1 is 1.19 bits per heavy atom. The third kappa shape index (κ3) is 4.61. The molecule has 166 valence electrons. The molecule has 0 saturated carbocycles. The molecule has 0 spiro atoms. The lowest BCUT2D eigenvalue weighted by Gasteiger charge is -2.33. The minimum atomic E-state index is -0.780. The summed E-state index contributed by atoms with van der Waals surface area (Å²) in [5.74, 6) is 0.0366. The monoisotopic (exact) mass is 426 g/mol. The van der Waals surface area contributed by atoms with Gasteiger partial charge in [0, 0.05) is 18.3 Å². The molecule has 2 aromatic rings. The molecule has 0 radical (unpaired) electrons. The van der Waals surface area contributed by atoms with Crippen molar-refractivity contribution in [2.75, 3.05) is 24.6 Å². The normalized spacial score (nSPS) is 21.2. The second kappa shape index (κ2) is 8.38. The van der Waals surface area contributed by atoms with Crippen molar-refractivity contribution in [3.63, 3.8) is 0 Å². The van der Waals surface area contributed by atoms with Crippen LogP contribution in [0.25, 0.3) is 0 Å². The van der Waals surface area contributed by atoms with Crippen molar-refractivity contribution in [1.82, 2.24) is 4.90 Å². The van der Waals surface area contributed by atoms with Gasteiger partial charge in [-0.2, -0.15) is 0 Å². The van der Waals surface area contributed by atoms with Crippen LogP contribution in [0.3, 0.4) is 0 Å². The standard InChI is InChI=1S/C24H30N2O5/c1-16-13-17-7-5-6-8-19(17)26(16)15-20-18(9-11-29-20)22(27)25-10-12-30-21(14-25)23(28)31-24(2,3)4/h5-9,11,16,21H,10,12-15H2,1-4H3/t16-,21-/m0/s1. The van der Waals surface area contributed by atoms with Gasteiger partial charge in [-0.15, -0.1) is 0 Å². The van der Waals surface area contributed by atoms with Crippen molar-refractivity contribution in [3.8, 4) is 0 Å². The fourth-order valence-electron chi connectivity index (χ4n) is 4.19. The molecule has 2 aliphatic heterocycles. The van der Waals surface area contributed by atoms with E-state index in [9.17, 15) is 9.59 Å². The summed E-state index contributed by atoms with van der Waals surface area (Å²) in [6.07, 6.45) is 1.75. The SMILES string of the molecule is C[C@H]1Cc2ccccc2N1Cc1occc1C(=O)N1CCO[C@H](C(=O)OC(C)(C)C)C1. The third-order valence-corrected chi connectivity index (χ3v) is 5.66. The number of fused-ring (bicyclic) bond motifs is 1. The molecule has 4 rings (SSSR count). The molecule has 1 fully saturated rings. The van der Waals surface area contributed by atoms with Gasteiger partial charge >= 0.3 is 5.97 Å². The molecule has 31 heavy (non-hydrogen) atoms. The van der Waals surface area contributed by atoms with Crippen molar-refractivity contribution >= 4 is 17.6 Å². The highest BCUT2D eigenvalue weighted by Gasteiger charge is 2.34. The van der Waals surface area contributed by atoms with Gasteiger partial charge in [0.2, 0.25) is 0 Å². The van der Waals surface area contributed by atoms with Gasteiger partial charge in [0.15, 0.2) is 6.10 Å². The number of amides is 1. The second-order valence-corrected chi connectivity index (χ2v) is 9.21. The Morgan fingerprint density at radius 3 is 2.74 bits per heavy atom. The molecule has 0 unspecified atom stereocenters. The molecule has 3 heterocycles. The van der Waals surface area contributed by atoms with Crippen LogP contribution in [0, 0.1) is 0 Å². The summed E-state index contributed by atoms with van der Waals surface area (Å²) in [6.45, 7) is 9.01. The lowest BCUT2D eigenvalue weighted by atomic mass is 10.1. The number of nitrogens with zero attached hydrogens (tertiary/aromatic N) is 2. The van der Waals surface area contributed by atoms with Gasteiger partial charge in [-0.25, -0.2) is 4.79 Å². The number of carbonyl (C=O) groups is 2. The summed E-state index contributed by atoms with van der Waals surface area (Å²) >= 11 is 0. The zero-order valence-corrected chi connectivity index (χ0v) is 18.6. The Balaban J connectivity index is 1.47. The van der Waals surface area contributed by atoms with E-state index in [4.69, 9.17) is 13.9 Å². The Hall–Kier alpha value is -2.80. The first kappa shape index (κ1) is 21.4. The summed E-state index contributed by atoms with van der Waals surface area (Å²) < 4.78 is 16.7. The van der Waals surface area contributed by atoms with Crippen LogP contribution in [0.5, 0.6) is 0 Å². The van der Waals surface area contributed by atoms with E-state index in [-0.39, 0.29) is 12.5 Å². The number of rotatable bonds is 4. The fraction of sp³-hybridized carbons (Fsp3) is 0.500. The third-order valence-electron chi connectivity index (χ3n) is 5.66. The maximum atomic E-state index is 13.3. The molecule has 1 aromatic carbocycles. The van der Waals surface area contributed by atoms with E-state index < -0.39 is 17.7 Å². The van der Waals surface area contributed by atoms with Crippen LogP contribution in [-0.4, -0.2) is 54.2 Å². The van der Waals surface area contributed by atoms with Crippen LogP contribution in [0.4, 0.5) is 5.69 Å². The van der Waals surface area contributed by atoms with Gasteiger partial charge < -0.3 is 23.7 Å². The number of anilines is 1. The zero-order valence-electron chi connectivity index (χ0n) is 18.6. The number of ether oxygens (including phenoxy) is 2. The minimum absolute atomic E-state index is 0.152. The van der Waals surface area contributed by atoms with Gasteiger partial charge in [0.05, 0.1) is 31.5 Å². The Kier molecular flexibility index (Phi) is 5.79. The van der Waals surface area contributed by atoms with Gasteiger partial charge in [-0.05, 0) is 51.8 Å². The minimum Gasteiger partial charge on any atom is -0.467 e. The Bertz CT molecular complexity index is 961. The molecule has 0 aliphatic carbocycles. The van der Waals surface area contributed by atoms with Crippen LogP contribution < -0.4 is 4.90 Å². The largest absolute Gasteiger partial charge is 0.467 e. The molecule has 7 heteroatoms. The van der Waals surface area contributed by atoms with Crippen molar-refractivity contribution in [1.29, 1.82) is 0 Å². The number of hydrogen-bond acceptors (Lipinski definition) is 6. The average Bonchev–Trinajstić information content (AvgIpc) is 3.31. The van der Waals surface area contributed by atoms with E-state index in [0.29, 0.717) is 37.1 Å². The average molecular weight is 427 g/mol. The van der Waals surface area contributed by atoms with Gasteiger partial charge in [-0.1, -0.05) is 18.2 Å². The lowest BCUT2D eigenvalue weighted by molar-refractivity contribution is -0.172. The number of benzene rings is 1. The second-order valence-electron chi connectivity index (χ2n) is 9.21. The molecule has 1 saturated heterocycles. The zero-order chi connectivity index (χ0) is 22.2. The first-order valence-corrected chi connectivity index (χ1v) is 10.8. The smallest absolute Gasteiger partial charge is 0.337 e. The summed E-state index contributed by atoms with van der Waals surface area (Å²) in [5, 5.41) is 0. The summed E-state index contributed by atoms with van der Waals surface area (Å²) in [7, 11) is 0. The highest BCUT2D eigenvalue weighted by molar-refractivity contribution is 5.95. The quantitative estimate of drug-likeness (QED) is 0.698. The van der Waals surface area contributed by atoms with Crippen molar-refractivity contribution in [2.24, 2.45) is 0 Å². The first-order chi connectivity index (χ1) is 14.7. The fourth-order valence-corrected chi connectivity index (χ4v) is 4.19. The summed E-state index contributed by atoms with van der Waals surface area (Å²) in [6, 6.07) is 10.4. The van der Waals surface area contributed by atoms with Gasteiger partial charge in [-0.3, -0.25) is 4.79 Å². The lowest BCUT2D eigenvalue weighted by Crippen LogP contribution is -2.50. The first-order valence-electron chi connectivity index (χ1n) is 10.8. The number of morpholine rings is 1. The predicted octanol–water partition coefficient (Wildman–Crippen LogP) is 3.41. The Morgan fingerprint density at radius 2 is 1.97 bits per heavy atom. The number of hydrogen-bond donors (Lipinski definition) is 0. The maximum absolute atomic E-state index is 13.3. The maximum Gasteiger partial charge on any atom is 0.337 e. The molecule has 1 aromatic heterocycles. The number of esters is 1. The number of furan rings is 1. The highest BCUT2D eigenvalue weighted by Crippen LogP contribution is 2.33. The van der Waals surface area contributed by atoms with E-state index in [1.807, 2.05) is 26.8 Å². The van der Waals surface area contributed by atoms with Gasteiger partial charge in [0.1, 0.15) is 11.4 Å².